The number of non-ortho nitro benzene ring substituents is 1. The standard InChI is InChI=1S/C22H23ClN5O5P/c1-27-8-10-34(31,11-9-27)17-6-7-19(20(13-17)32-2)25-22-24-14-18(23)21(26-22)33-16-5-3-4-15(12-16)28(29)30/h3-7,12-14H,8-11H2,1-2H3,(H,24,25,26). The Morgan fingerprint density at radius 1 is 1.21 bits per heavy atom. The lowest BCUT2D eigenvalue weighted by Crippen LogP contribution is -2.34. The smallest absolute Gasteiger partial charge is 0.273 e. The predicted molar refractivity (Wildman–Crippen MR) is 131 cm³/mol. The van der Waals surface area contributed by atoms with Crippen molar-refractivity contribution < 1.29 is 19.0 Å². The van der Waals surface area contributed by atoms with E-state index < -0.39 is 12.1 Å². The van der Waals surface area contributed by atoms with Crippen LogP contribution in [0.3, 0.4) is 0 Å². The second kappa shape index (κ2) is 9.97. The summed E-state index contributed by atoms with van der Waals surface area (Å²) in [5.41, 5.74) is 0.463. The van der Waals surface area contributed by atoms with Crippen molar-refractivity contribution in [1.82, 2.24) is 14.9 Å². The zero-order chi connectivity index (χ0) is 24.3. The number of aromatic nitrogens is 2. The number of nitro benzene ring substituents is 1. The molecule has 1 N–H and O–H groups in total. The lowest BCUT2D eigenvalue weighted by Gasteiger charge is -2.30. The molecule has 0 spiro atoms. The van der Waals surface area contributed by atoms with Crippen LogP contribution in [0, 0.1) is 10.1 Å². The normalized spacial score (nSPS) is 15.5. The van der Waals surface area contributed by atoms with Crippen LogP contribution in [0.5, 0.6) is 17.4 Å². The monoisotopic (exact) mass is 503 g/mol. The highest BCUT2D eigenvalue weighted by Gasteiger charge is 2.30. The summed E-state index contributed by atoms with van der Waals surface area (Å²) in [6.45, 7) is 1.59. The molecule has 1 saturated heterocycles. The Bertz CT molecular complexity index is 1260. The minimum atomic E-state index is -2.48. The summed E-state index contributed by atoms with van der Waals surface area (Å²) < 4.78 is 24.6. The van der Waals surface area contributed by atoms with Gasteiger partial charge in [0.1, 0.15) is 23.7 Å². The van der Waals surface area contributed by atoms with Gasteiger partial charge in [-0.25, -0.2) is 4.98 Å². The summed E-state index contributed by atoms with van der Waals surface area (Å²) in [5.74, 6) is 0.935. The van der Waals surface area contributed by atoms with Gasteiger partial charge in [-0.1, -0.05) is 17.7 Å². The average molecular weight is 504 g/mol. The molecule has 12 heteroatoms. The summed E-state index contributed by atoms with van der Waals surface area (Å²) in [6, 6.07) is 11.1. The van der Waals surface area contributed by atoms with Crippen molar-refractivity contribution in [2.45, 2.75) is 0 Å². The number of nitrogens with one attached hydrogen (secondary N) is 1. The predicted octanol–water partition coefficient (Wildman–Crippen LogP) is 4.52. The van der Waals surface area contributed by atoms with Gasteiger partial charge in [0.15, 0.2) is 0 Å². The number of ether oxygens (including phenoxy) is 2. The Hall–Kier alpha value is -3.20. The molecule has 2 heterocycles. The maximum atomic E-state index is 13.4. The van der Waals surface area contributed by atoms with E-state index >= 15 is 0 Å². The molecule has 0 unspecified atom stereocenters. The zero-order valence-corrected chi connectivity index (χ0v) is 20.3. The highest BCUT2D eigenvalue weighted by Crippen LogP contribution is 2.47. The van der Waals surface area contributed by atoms with E-state index in [9.17, 15) is 14.7 Å². The first kappa shape index (κ1) is 23.9. The van der Waals surface area contributed by atoms with Gasteiger partial charge in [-0.15, -0.1) is 0 Å². The molecule has 10 nitrogen and oxygen atoms in total. The summed E-state index contributed by atoms with van der Waals surface area (Å²) in [6.07, 6.45) is 2.64. The number of hydrogen-bond acceptors (Lipinski definition) is 9. The Labute approximate surface area is 201 Å². The molecule has 0 radical (unpaired) electrons. The maximum Gasteiger partial charge on any atom is 0.273 e. The van der Waals surface area contributed by atoms with Crippen LogP contribution in [0.4, 0.5) is 17.3 Å². The Morgan fingerprint density at radius 3 is 2.68 bits per heavy atom. The number of hydrogen-bond donors (Lipinski definition) is 1. The number of nitro groups is 1. The van der Waals surface area contributed by atoms with E-state index in [1.165, 1.54) is 31.5 Å². The van der Waals surface area contributed by atoms with Gasteiger partial charge in [0.25, 0.3) is 5.69 Å². The third kappa shape index (κ3) is 5.30. The molecule has 1 aromatic heterocycles. The molecule has 0 aliphatic carbocycles. The van der Waals surface area contributed by atoms with Crippen LogP contribution >= 0.6 is 18.7 Å². The van der Waals surface area contributed by atoms with Crippen molar-refractivity contribution >= 4 is 41.4 Å². The van der Waals surface area contributed by atoms with Gasteiger partial charge in [-0.05, 0) is 31.3 Å². The first-order valence-electron chi connectivity index (χ1n) is 10.4. The van der Waals surface area contributed by atoms with Crippen molar-refractivity contribution in [3.8, 4) is 17.4 Å². The lowest BCUT2D eigenvalue weighted by atomic mass is 10.3. The molecular formula is C22H23ClN5O5P. The topological polar surface area (TPSA) is 120 Å². The Morgan fingerprint density at radius 2 is 1.97 bits per heavy atom. The fraction of sp³-hybridized carbons (Fsp3) is 0.273. The van der Waals surface area contributed by atoms with Crippen LogP contribution in [0.25, 0.3) is 0 Å². The third-order valence-corrected chi connectivity index (χ3v) is 8.87. The van der Waals surface area contributed by atoms with E-state index in [0.29, 0.717) is 23.8 Å². The highest BCUT2D eigenvalue weighted by molar-refractivity contribution is 7.71. The minimum Gasteiger partial charge on any atom is -0.495 e. The molecule has 34 heavy (non-hydrogen) atoms. The number of nitrogens with zero attached hydrogens (tertiary/aromatic N) is 4. The van der Waals surface area contributed by atoms with Crippen molar-refractivity contribution in [2.75, 3.05) is 44.9 Å². The molecule has 2 aromatic carbocycles. The molecular weight excluding hydrogens is 481 g/mol. The van der Waals surface area contributed by atoms with Crippen molar-refractivity contribution in [3.63, 3.8) is 0 Å². The van der Waals surface area contributed by atoms with Gasteiger partial charge in [-0.2, -0.15) is 4.98 Å². The summed E-state index contributed by atoms with van der Waals surface area (Å²) in [7, 11) is 1.09. The molecule has 0 saturated carbocycles. The van der Waals surface area contributed by atoms with E-state index in [-0.39, 0.29) is 28.3 Å². The number of benzene rings is 2. The van der Waals surface area contributed by atoms with Gasteiger partial charge in [0.2, 0.25) is 11.8 Å². The van der Waals surface area contributed by atoms with E-state index in [0.717, 1.165) is 18.4 Å². The van der Waals surface area contributed by atoms with Gasteiger partial charge in [0.05, 0.1) is 30.0 Å². The first-order chi connectivity index (χ1) is 16.3. The largest absolute Gasteiger partial charge is 0.495 e. The fourth-order valence-electron chi connectivity index (χ4n) is 3.56. The Kier molecular flexibility index (Phi) is 7.02. The molecule has 3 aromatic rings. The summed E-state index contributed by atoms with van der Waals surface area (Å²) in [5, 5.41) is 15.0. The first-order valence-corrected chi connectivity index (χ1v) is 12.9. The van der Waals surface area contributed by atoms with Crippen LogP contribution in [0.1, 0.15) is 0 Å². The Balaban J connectivity index is 1.56. The third-order valence-electron chi connectivity index (χ3n) is 5.54. The van der Waals surface area contributed by atoms with E-state index in [2.05, 4.69) is 20.2 Å². The van der Waals surface area contributed by atoms with Crippen LogP contribution in [0.2, 0.25) is 5.02 Å². The van der Waals surface area contributed by atoms with Gasteiger partial charge in [-0.3, -0.25) is 10.1 Å². The average Bonchev–Trinajstić information content (AvgIpc) is 2.83. The second-order valence-electron chi connectivity index (χ2n) is 7.85. The minimum absolute atomic E-state index is 0.0333. The summed E-state index contributed by atoms with van der Waals surface area (Å²) >= 11 is 6.17. The van der Waals surface area contributed by atoms with E-state index in [1.54, 1.807) is 18.2 Å². The SMILES string of the molecule is COc1cc(P2(=O)CCN(C)CC2)ccc1Nc1ncc(Cl)c(Oc2cccc([N+](=O)[O-])c2)n1. The molecule has 4 rings (SSSR count). The van der Waals surface area contributed by atoms with Crippen LogP contribution < -0.4 is 20.1 Å². The van der Waals surface area contributed by atoms with Crippen molar-refractivity contribution in [3.05, 3.63) is 63.8 Å². The van der Waals surface area contributed by atoms with Gasteiger partial charge in [0, 0.05) is 36.8 Å². The zero-order valence-electron chi connectivity index (χ0n) is 18.6. The number of methoxy groups -OCH3 is 1. The molecule has 178 valence electrons. The lowest BCUT2D eigenvalue weighted by molar-refractivity contribution is -0.384. The number of rotatable bonds is 7. The van der Waals surface area contributed by atoms with Crippen LogP contribution in [0.15, 0.2) is 48.7 Å². The van der Waals surface area contributed by atoms with Crippen LogP contribution in [-0.4, -0.2) is 59.4 Å². The highest BCUT2D eigenvalue weighted by atomic mass is 35.5. The van der Waals surface area contributed by atoms with E-state index in [1.807, 2.05) is 13.1 Å². The molecule has 1 aliphatic rings. The molecule has 0 atom stereocenters. The quantitative estimate of drug-likeness (QED) is 0.282. The molecule has 1 aliphatic heterocycles. The molecule has 0 amide bonds. The van der Waals surface area contributed by atoms with Gasteiger partial charge < -0.3 is 24.3 Å². The van der Waals surface area contributed by atoms with Crippen molar-refractivity contribution in [2.24, 2.45) is 0 Å². The van der Waals surface area contributed by atoms with Crippen molar-refractivity contribution in [1.29, 1.82) is 0 Å². The summed E-state index contributed by atoms with van der Waals surface area (Å²) in [4.78, 5) is 21.1. The maximum absolute atomic E-state index is 13.4. The number of anilines is 2. The van der Waals surface area contributed by atoms with Gasteiger partial charge >= 0.3 is 0 Å². The molecule has 0 bridgehead atoms. The van der Waals surface area contributed by atoms with Crippen LogP contribution in [-0.2, 0) is 4.57 Å². The van der Waals surface area contributed by atoms with E-state index in [4.69, 9.17) is 21.1 Å². The number of halogens is 1. The fourth-order valence-corrected chi connectivity index (χ4v) is 6.46. The molecule has 1 fully saturated rings. The second-order valence-corrected chi connectivity index (χ2v) is 11.4.